The van der Waals surface area contributed by atoms with Gasteiger partial charge >= 0.3 is 0 Å². The Morgan fingerprint density at radius 3 is 2.16 bits per heavy atom. The fourth-order valence-corrected chi connectivity index (χ4v) is 7.94. The largest absolute Gasteiger partial charge is 0.491 e. The summed E-state index contributed by atoms with van der Waals surface area (Å²) < 4.78 is 27.4. The highest BCUT2D eigenvalue weighted by molar-refractivity contribution is 5.97. The third kappa shape index (κ3) is 15.5. The van der Waals surface area contributed by atoms with E-state index < -0.39 is 0 Å². The second-order valence-corrected chi connectivity index (χ2v) is 15.2. The van der Waals surface area contributed by atoms with E-state index in [0.29, 0.717) is 128 Å². The monoisotopic (exact) mass is 789 g/mol. The summed E-state index contributed by atoms with van der Waals surface area (Å²) in [6, 6.07) is 20.0. The van der Waals surface area contributed by atoms with Crippen molar-refractivity contribution in [2.24, 2.45) is 0 Å². The number of nitrogens with one attached hydrogen (secondary N) is 3. The van der Waals surface area contributed by atoms with Crippen molar-refractivity contribution in [3.63, 3.8) is 0 Å². The van der Waals surface area contributed by atoms with Crippen molar-refractivity contribution >= 4 is 17.6 Å². The number of ether oxygens (including phenoxy) is 5. The van der Waals surface area contributed by atoms with Crippen molar-refractivity contribution < 1.29 is 28.5 Å². The molecule has 0 aliphatic carbocycles. The van der Waals surface area contributed by atoms with Crippen LogP contribution < -0.4 is 10.1 Å². The van der Waals surface area contributed by atoms with Crippen LogP contribution in [0.2, 0.25) is 0 Å². The molecule has 2 fully saturated rings. The molecule has 0 spiro atoms. The molecule has 0 saturated carbocycles. The van der Waals surface area contributed by atoms with Gasteiger partial charge in [0, 0.05) is 62.6 Å². The van der Waals surface area contributed by atoms with Crippen LogP contribution in [0.3, 0.4) is 0 Å². The van der Waals surface area contributed by atoms with Gasteiger partial charge in [-0.2, -0.15) is 0 Å². The number of hydrogen-bond donors (Lipinski definition) is 3. The summed E-state index contributed by atoms with van der Waals surface area (Å²) in [5.74, 6) is 4.47. The van der Waals surface area contributed by atoms with E-state index in [1.807, 2.05) is 29.0 Å². The van der Waals surface area contributed by atoms with Gasteiger partial charge in [0.05, 0.1) is 52.1 Å². The smallest absolute Gasteiger partial charge is 0.222 e. The predicted octanol–water partition coefficient (Wildman–Crippen LogP) is 6.12. The maximum Gasteiger partial charge on any atom is 0.222 e. The van der Waals surface area contributed by atoms with E-state index >= 15 is 0 Å². The SMILES string of the molecule is C#CCOCCOCCOCCOCCOc1ccc(C2CN(C(=O)CCCC(=N)N(C(C)=N)C(C)CC3CCC(C)N3CCC(NC)c3ccccc3)C2)cc1. The summed E-state index contributed by atoms with van der Waals surface area (Å²) in [7, 11) is 2.04. The van der Waals surface area contributed by atoms with E-state index in [1.54, 1.807) is 6.92 Å². The van der Waals surface area contributed by atoms with E-state index in [9.17, 15) is 4.79 Å². The lowest BCUT2D eigenvalue weighted by Gasteiger charge is -2.40. The van der Waals surface area contributed by atoms with Crippen LogP contribution >= 0.6 is 0 Å². The van der Waals surface area contributed by atoms with Gasteiger partial charge in [-0.3, -0.25) is 20.5 Å². The number of hydrogen-bond acceptors (Lipinski definition) is 10. The molecule has 314 valence electrons. The second-order valence-electron chi connectivity index (χ2n) is 15.2. The minimum Gasteiger partial charge on any atom is -0.491 e. The van der Waals surface area contributed by atoms with Gasteiger partial charge in [-0.15, -0.1) is 6.42 Å². The number of amidine groups is 2. The summed E-state index contributed by atoms with van der Waals surface area (Å²) in [6.45, 7) is 12.8. The lowest BCUT2D eigenvalue weighted by molar-refractivity contribution is -0.135. The number of rotatable bonds is 27. The fourth-order valence-electron chi connectivity index (χ4n) is 7.94. The summed E-state index contributed by atoms with van der Waals surface area (Å²) in [5, 5.41) is 21.0. The van der Waals surface area contributed by atoms with Gasteiger partial charge in [-0.25, -0.2) is 0 Å². The summed E-state index contributed by atoms with van der Waals surface area (Å²) >= 11 is 0. The molecule has 3 N–H and O–H groups in total. The minimum atomic E-state index is 0.0397. The lowest BCUT2D eigenvalue weighted by Crippen LogP contribution is -2.48. The minimum absolute atomic E-state index is 0.0397. The van der Waals surface area contributed by atoms with Crippen molar-refractivity contribution in [3.05, 3.63) is 65.7 Å². The molecule has 12 heteroatoms. The van der Waals surface area contributed by atoms with Gasteiger partial charge in [0.2, 0.25) is 5.91 Å². The number of benzene rings is 2. The predicted molar refractivity (Wildman–Crippen MR) is 226 cm³/mol. The highest BCUT2D eigenvalue weighted by Gasteiger charge is 2.34. The summed E-state index contributed by atoms with van der Waals surface area (Å²) in [5.41, 5.74) is 2.52. The summed E-state index contributed by atoms with van der Waals surface area (Å²) in [4.78, 5) is 19.5. The van der Waals surface area contributed by atoms with E-state index in [-0.39, 0.29) is 11.9 Å². The standard InChI is InChI=1S/C45H68N6O6/c1-6-23-53-24-25-54-26-27-55-28-29-56-30-31-57-42-19-16-38(17-20-42)40-33-49(34-40)45(52)14-10-13-44(47)51(37(4)46)36(3)32-41-18-15-35(2)50(41)22-21-43(48-5)39-11-8-7-9-12-39/h1,7-9,11-12,16-17,19-20,35-36,40-41,43,46-48H,10,13-15,18,21-34H2,2-5H3. The van der Waals surface area contributed by atoms with Gasteiger partial charge in [-0.1, -0.05) is 48.4 Å². The molecule has 4 rings (SSSR count). The van der Waals surface area contributed by atoms with Crippen LogP contribution in [0.5, 0.6) is 5.75 Å². The molecule has 2 aliphatic rings. The van der Waals surface area contributed by atoms with Crippen LogP contribution in [-0.2, 0) is 23.7 Å². The van der Waals surface area contributed by atoms with E-state index in [4.69, 9.17) is 40.9 Å². The topological polar surface area (TPSA) is 133 Å². The maximum absolute atomic E-state index is 13.0. The molecule has 0 aromatic heterocycles. The normalized spacial score (nSPS) is 18.1. The Morgan fingerprint density at radius 2 is 1.54 bits per heavy atom. The molecule has 57 heavy (non-hydrogen) atoms. The van der Waals surface area contributed by atoms with Crippen LogP contribution in [0, 0.1) is 23.2 Å². The van der Waals surface area contributed by atoms with Gasteiger partial charge in [0.1, 0.15) is 24.8 Å². The quantitative estimate of drug-likeness (QED) is 0.0424. The molecular formula is C45H68N6O6. The van der Waals surface area contributed by atoms with Crippen LogP contribution in [-0.4, -0.2) is 137 Å². The first kappa shape index (κ1) is 45.9. The highest BCUT2D eigenvalue weighted by Crippen LogP contribution is 2.31. The summed E-state index contributed by atoms with van der Waals surface area (Å²) in [6.07, 6.45) is 10.9. The number of likely N-dealkylation sites (tertiary alicyclic amines) is 2. The van der Waals surface area contributed by atoms with Crippen molar-refractivity contribution in [2.45, 2.75) is 95.8 Å². The number of amides is 1. The Balaban J connectivity index is 1.07. The zero-order valence-electron chi connectivity index (χ0n) is 34.9. The molecule has 4 unspecified atom stereocenters. The molecular weight excluding hydrogens is 721 g/mol. The number of terminal acetylenes is 1. The van der Waals surface area contributed by atoms with E-state index in [1.165, 1.54) is 17.5 Å². The van der Waals surface area contributed by atoms with Crippen LogP contribution in [0.25, 0.3) is 0 Å². The number of carbonyl (C=O) groups is 1. The Bertz CT molecular complexity index is 1510. The zero-order valence-corrected chi connectivity index (χ0v) is 34.9. The van der Waals surface area contributed by atoms with E-state index in [2.05, 4.69) is 72.4 Å². The van der Waals surface area contributed by atoms with Crippen molar-refractivity contribution in [3.8, 4) is 18.1 Å². The molecule has 0 radical (unpaired) electrons. The van der Waals surface area contributed by atoms with E-state index in [0.717, 1.165) is 31.6 Å². The van der Waals surface area contributed by atoms with Gasteiger partial charge in [0.15, 0.2) is 0 Å². The molecule has 2 aliphatic heterocycles. The Hall–Kier alpha value is -3.83. The Labute approximate surface area is 341 Å². The third-order valence-corrected chi connectivity index (χ3v) is 11.1. The fraction of sp³-hybridized carbons (Fsp3) is 0.622. The van der Waals surface area contributed by atoms with Crippen molar-refractivity contribution in [1.29, 1.82) is 10.8 Å². The molecule has 12 nitrogen and oxygen atoms in total. The first-order valence-electron chi connectivity index (χ1n) is 20.9. The van der Waals surface area contributed by atoms with Gasteiger partial charge < -0.3 is 38.8 Å². The van der Waals surface area contributed by atoms with Crippen molar-refractivity contribution in [2.75, 3.05) is 86.1 Å². The number of carbonyl (C=O) groups excluding carboxylic acids is 1. The molecule has 2 saturated heterocycles. The van der Waals surface area contributed by atoms with Crippen LogP contribution in [0.15, 0.2) is 54.6 Å². The first-order valence-corrected chi connectivity index (χ1v) is 20.9. The lowest BCUT2D eigenvalue weighted by atomic mass is 9.91. The molecule has 1 amide bonds. The number of nitrogens with zero attached hydrogens (tertiary/aromatic N) is 3. The maximum atomic E-state index is 13.0. The van der Waals surface area contributed by atoms with Crippen LogP contribution in [0.1, 0.15) is 88.8 Å². The Kier molecular flexibility index (Phi) is 20.5. The highest BCUT2D eigenvalue weighted by atomic mass is 16.6. The zero-order chi connectivity index (χ0) is 40.8. The average molecular weight is 789 g/mol. The first-order chi connectivity index (χ1) is 27.7. The third-order valence-electron chi connectivity index (χ3n) is 11.1. The molecule has 0 bridgehead atoms. The average Bonchev–Trinajstić information content (AvgIpc) is 3.53. The van der Waals surface area contributed by atoms with Crippen molar-refractivity contribution in [1.82, 2.24) is 20.0 Å². The molecule has 2 heterocycles. The molecule has 2 aromatic rings. The van der Waals surface area contributed by atoms with Gasteiger partial charge in [-0.05, 0) is 83.2 Å². The molecule has 2 aromatic carbocycles. The van der Waals surface area contributed by atoms with Crippen LogP contribution in [0.4, 0.5) is 0 Å². The molecule has 4 atom stereocenters. The Morgan fingerprint density at radius 1 is 0.912 bits per heavy atom. The second kappa shape index (κ2) is 25.5. The van der Waals surface area contributed by atoms with Gasteiger partial charge in [0.25, 0.3) is 0 Å².